The molecule has 0 amide bonds. The molecule has 0 fully saturated rings. The highest BCUT2D eigenvalue weighted by Crippen LogP contribution is 2.44. The van der Waals surface area contributed by atoms with Crippen LogP contribution in [0.15, 0.2) is 156 Å². The molecule has 4 nitrogen and oxygen atoms in total. The fraction of sp³-hybridized carbons (Fsp3) is 0.0638. The van der Waals surface area contributed by atoms with E-state index in [2.05, 4.69) is 149 Å². The number of hydrogen-bond acceptors (Lipinski definition) is 3. The highest BCUT2D eigenvalue weighted by molar-refractivity contribution is 6.28. The van der Waals surface area contributed by atoms with Gasteiger partial charge in [0.15, 0.2) is 12.0 Å². The van der Waals surface area contributed by atoms with Crippen LogP contribution in [0.5, 0.6) is 0 Å². The molecule has 0 saturated heterocycles. The summed E-state index contributed by atoms with van der Waals surface area (Å²) >= 11 is 0. The van der Waals surface area contributed by atoms with E-state index in [1.165, 1.54) is 43.8 Å². The van der Waals surface area contributed by atoms with Crippen molar-refractivity contribution < 1.29 is 0 Å². The molecular formula is C47H30N4. The minimum atomic E-state index is -0.283. The van der Waals surface area contributed by atoms with Crippen LogP contribution in [-0.2, 0) is 6.42 Å². The highest BCUT2D eigenvalue weighted by atomic mass is 15.4. The van der Waals surface area contributed by atoms with E-state index in [9.17, 15) is 0 Å². The Labute approximate surface area is 296 Å². The molecule has 0 spiro atoms. The molecule has 0 N–H and O–H groups in total. The van der Waals surface area contributed by atoms with Crippen molar-refractivity contribution in [3.05, 3.63) is 186 Å². The van der Waals surface area contributed by atoms with Gasteiger partial charge in [-0.2, -0.15) is 0 Å². The number of rotatable bonds is 4. The fourth-order valence-electron chi connectivity index (χ4n) is 8.31. The molecule has 1 unspecified atom stereocenters. The number of amidine groups is 2. The molecule has 1 atom stereocenters. The SMILES string of the molecule is c1cc(C2N=C(c3ccccc3)N=C3c4ccccc4N32)cc(-n2c3ccccc3c3c4cc(-c5cccc6c5C=CCC6)ccc4ccc32)c#1. The van der Waals surface area contributed by atoms with E-state index in [0.717, 1.165) is 63.6 Å². The van der Waals surface area contributed by atoms with Crippen molar-refractivity contribution in [2.24, 2.45) is 9.98 Å². The van der Waals surface area contributed by atoms with E-state index < -0.39 is 0 Å². The van der Waals surface area contributed by atoms with Crippen LogP contribution in [-0.4, -0.2) is 16.2 Å². The van der Waals surface area contributed by atoms with E-state index in [4.69, 9.17) is 9.98 Å². The van der Waals surface area contributed by atoms with E-state index in [1.54, 1.807) is 0 Å². The largest absolute Gasteiger partial charge is 0.302 e. The summed E-state index contributed by atoms with van der Waals surface area (Å²) in [6.07, 6.45) is 6.52. The standard InChI is InChI=1S/C47H30N4/c1-2-13-32(14-3-1)45-48-46(51-42-23-9-7-20-39(42)47(51)49-45)34-16-10-17-35(28-34)50-41-22-8-6-19-38(41)44-40-29-33(25-24-31(40)26-27-43(44)50)37-21-11-15-30-12-4-5-18-36(30)37/h1-3,5-9,11,13-16,18-29,46H,4,12H2. The smallest absolute Gasteiger partial charge is 0.159 e. The first-order chi connectivity index (χ1) is 25.3. The normalized spacial score (nSPS) is 15.8. The molecule has 0 saturated carbocycles. The Morgan fingerprint density at radius 2 is 1.53 bits per heavy atom. The molecule has 3 aliphatic rings. The summed E-state index contributed by atoms with van der Waals surface area (Å²) in [5.74, 6) is 1.69. The van der Waals surface area contributed by atoms with Crippen molar-refractivity contribution in [1.29, 1.82) is 0 Å². The van der Waals surface area contributed by atoms with Gasteiger partial charge in [-0.1, -0.05) is 115 Å². The number of fused-ring (bicyclic) bond motifs is 10. The molecule has 1 aromatic heterocycles. The number of anilines is 1. The topological polar surface area (TPSA) is 32.9 Å². The Morgan fingerprint density at radius 1 is 0.686 bits per heavy atom. The number of nitrogens with zero attached hydrogens (tertiary/aromatic N) is 4. The molecule has 11 rings (SSSR count). The molecule has 2 aliphatic heterocycles. The lowest BCUT2D eigenvalue weighted by Crippen LogP contribution is -2.46. The third-order valence-electron chi connectivity index (χ3n) is 10.7. The Bertz CT molecular complexity index is 2820. The molecule has 1 aliphatic carbocycles. The molecule has 8 aromatic rings. The summed E-state index contributed by atoms with van der Waals surface area (Å²) in [5.41, 5.74) is 12.9. The second-order valence-corrected chi connectivity index (χ2v) is 13.5. The van der Waals surface area contributed by atoms with E-state index >= 15 is 0 Å². The first kappa shape index (κ1) is 28.2. The number of hydrogen-bond donors (Lipinski definition) is 0. The number of aliphatic imine (C=N–C) groups is 2. The van der Waals surface area contributed by atoms with Crippen molar-refractivity contribution in [2.45, 2.75) is 19.0 Å². The van der Waals surface area contributed by atoms with Gasteiger partial charge in [-0.25, -0.2) is 9.98 Å². The summed E-state index contributed by atoms with van der Waals surface area (Å²) < 4.78 is 2.34. The second-order valence-electron chi connectivity index (χ2n) is 13.5. The van der Waals surface area contributed by atoms with Gasteiger partial charge in [-0.05, 0) is 94.4 Å². The summed E-state index contributed by atoms with van der Waals surface area (Å²) in [5, 5.41) is 4.95. The van der Waals surface area contributed by atoms with E-state index in [-0.39, 0.29) is 6.17 Å². The van der Waals surface area contributed by atoms with Gasteiger partial charge in [0.1, 0.15) is 5.84 Å². The zero-order chi connectivity index (χ0) is 33.5. The van der Waals surface area contributed by atoms with Gasteiger partial charge in [-0.15, -0.1) is 0 Å². The number of allylic oxidation sites excluding steroid dienone is 1. The van der Waals surface area contributed by atoms with Crippen molar-refractivity contribution in [1.82, 2.24) is 4.57 Å². The molecule has 3 heterocycles. The monoisotopic (exact) mass is 650 g/mol. The molecule has 51 heavy (non-hydrogen) atoms. The average molecular weight is 651 g/mol. The van der Waals surface area contributed by atoms with Gasteiger partial charge in [0.05, 0.1) is 22.4 Å². The predicted molar refractivity (Wildman–Crippen MR) is 210 cm³/mol. The number of benzene rings is 6. The first-order valence-corrected chi connectivity index (χ1v) is 17.6. The zero-order valence-corrected chi connectivity index (χ0v) is 27.7. The summed E-state index contributed by atoms with van der Waals surface area (Å²) in [6, 6.07) is 56.8. The Balaban J connectivity index is 1.10. The number of para-hydroxylation sites is 2. The van der Waals surface area contributed by atoms with Gasteiger partial charge in [0.25, 0.3) is 0 Å². The quantitative estimate of drug-likeness (QED) is 0.187. The maximum atomic E-state index is 5.27. The minimum absolute atomic E-state index is 0.283. The summed E-state index contributed by atoms with van der Waals surface area (Å²) in [6.45, 7) is 0. The van der Waals surface area contributed by atoms with Gasteiger partial charge < -0.3 is 4.57 Å². The van der Waals surface area contributed by atoms with Crippen molar-refractivity contribution >= 4 is 56.0 Å². The lowest BCUT2D eigenvalue weighted by Gasteiger charge is -2.43. The van der Waals surface area contributed by atoms with E-state index in [1.807, 2.05) is 24.3 Å². The third-order valence-corrected chi connectivity index (χ3v) is 10.7. The maximum Gasteiger partial charge on any atom is 0.159 e. The predicted octanol–water partition coefficient (Wildman–Crippen LogP) is 10.9. The van der Waals surface area contributed by atoms with Gasteiger partial charge in [0, 0.05) is 27.5 Å². The van der Waals surface area contributed by atoms with Crippen LogP contribution in [0.25, 0.3) is 55.5 Å². The van der Waals surface area contributed by atoms with Gasteiger partial charge >= 0.3 is 0 Å². The van der Waals surface area contributed by atoms with Crippen LogP contribution in [0.4, 0.5) is 5.69 Å². The average Bonchev–Trinajstić information content (AvgIpc) is 3.54. The molecule has 0 radical (unpaired) electrons. The van der Waals surface area contributed by atoms with Crippen molar-refractivity contribution in [3.63, 3.8) is 0 Å². The van der Waals surface area contributed by atoms with Crippen molar-refractivity contribution in [2.75, 3.05) is 4.90 Å². The van der Waals surface area contributed by atoms with Crippen LogP contribution in [0.1, 0.15) is 40.4 Å². The molecule has 7 aromatic carbocycles. The van der Waals surface area contributed by atoms with Crippen molar-refractivity contribution in [3.8, 4) is 16.8 Å². The minimum Gasteiger partial charge on any atom is -0.302 e. The van der Waals surface area contributed by atoms with Crippen LogP contribution in [0, 0.1) is 12.1 Å². The Hall–Kier alpha value is -6.70. The van der Waals surface area contributed by atoms with Gasteiger partial charge in [-0.3, -0.25) is 4.90 Å². The second kappa shape index (κ2) is 10.9. The zero-order valence-electron chi connectivity index (χ0n) is 27.7. The highest BCUT2D eigenvalue weighted by Gasteiger charge is 2.40. The van der Waals surface area contributed by atoms with Crippen LogP contribution < -0.4 is 4.90 Å². The van der Waals surface area contributed by atoms with Crippen LogP contribution in [0.3, 0.4) is 0 Å². The van der Waals surface area contributed by atoms with Crippen LogP contribution >= 0.6 is 0 Å². The lowest BCUT2D eigenvalue weighted by molar-refractivity contribution is 0.727. The Morgan fingerprint density at radius 3 is 2.49 bits per heavy atom. The molecule has 0 bridgehead atoms. The van der Waals surface area contributed by atoms with Crippen LogP contribution in [0.2, 0.25) is 0 Å². The lowest BCUT2D eigenvalue weighted by atomic mass is 9.89. The van der Waals surface area contributed by atoms with E-state index in [0.29, 0.717) is 0 Å². The first-order valence-electron chi connectivity index (χ1n) is 17.6. The number of aromatic nitrogens is 1. The molecule has 238 valence electrons. The summed E-state index contributed by atoms with van der Waals surface area (Å²) in [7, 11) is 0. The van der Waals surface area contributed by atoms with Gasteiger partial charge in [0.2, 0.25) is 0 Å². The third kappa shape index (κ3) is 4.22. The fourth-order valence-corrected chi connectivity index (χ4v) is 8.31. The number of aryl methyl sites for hydroxylation is 1. The Kier molecular flexibility index (Phi) is 6.02. The molecular weight excluding hydrogens is 621 g/mol. The maximum absolute atomic E-state index is 5.27. The summed E-state index contributed by atoms with van der Waals surface area (Å²) in [4.78, 5) is 12.5. The molecule has 4 heteroatoms.